The number of carbonyl (C=O) groups is 2. The summed E-state index contributed by atoms with van der Waals surface area (Å²) in [6.07, 6.45) is 0.730. The van der Waals surface area contributed by atoms with Crippen LogP contribution in [-0.4, -0.2) is 36.8 Å². The molecule has 0 aliphatic heterocycles. The first-order chi connectivity index (χ1) is 12.5. The molecule has 134 valence electrons. The van der Waals surface area contributed by atoms with Gasteiger partial charge in [0.15, 0.2) is 6.10 Å². The molecule has 26 heavy (non-hydrogen) atoms. The largest absolute Gasteiger partial charge is 0.497 e. The second-order valence-corrected chi connectivity index (χ2v) is 5.70. The van der Waals surface area contributed by atoms with Crippen molar-refractivity contribution in [3.05, 3.63) is 60.3 Å². The lowest BCUT2D eigenvalue weighted by atomic mass is 10.2. The van der Waals surface area contributed by atoms with Crippen LogP contribution in [-0.2, 0) is 4.74 Å². The second kappa shape index (κ2) is 7.31. The second-order valence-electron chi connectivity index (χ2n) is 5.70. The van der Waals surface area contributed by atoms with Crippen molar-refractivity contribution in [2.75, 3.05) is 14.2 Å². The summed E-state index contributed by atoms with van der Waals surface area (Å²) in [5.74, 6) is 0.379. The van der Waals surface area contributed by atoms with E-state index in [-0.39, 0.29) is 5.91 Å². The first-order valence-corrected chi connectivity index (χ1v) is 8.08. The Hall–Kier alpha value is -3.28. The van der Waals surface area contributed by atoms with Gasteiger partial charge < -0.3 is 14.2 Å². The Balaban J connectivity index is 1.92. The number of carbonyl (C=O) groups excluding carboxylic acids is 2. The van der Waals surface area contributed by atoms with E-state index in [1.54, 1.807) is 62.6 Å². The number of methoxy groups -OCH3 is 2. The third-order valence-corrected chi connectivity index (χ3v) is 4.06. The fourth-order valence-corrected chi connectivity index (χ4v) is 2.76. The normalized spacial score (nSPS) is 11.8. The lowest BCUT2D eigenvalue weighted by Crippen LogP contribution is -2.28. The van der Waals surface area contributed by atoms with E-state index in [1.165, 1.54) is 17.9 Å². The molecule has 2 aromatic carbocycles. The van der Waals surface area contributed by atoms with E-state index >= 15 is 0 Å². The minimum atomic E-state index is -0.761. The molecule has 0 fully saturated rings. The smallest absolute Gasteiger partial charge is 0.340 e. The quantitative estimate of drug-likeness (QED) is 0.656. The molecule has 1 atom stereocenters. The Morgan fingerprint density at radius 2 is 1.73 bits per heavy atom. The number of hydrogen-bond acceptors (Lipinski definition) is 5. The van der Waals surface area contributed by atoms with Crippen molar-refractivity contribution in [3.63, 3.8) is 0 Å². The molecule has 3 aromatic rings. The minimum Gasteiger partial charge on any atom is -0.497 e. The van der Waals surface area contributed by atoms with Gasteiger partial charge in [0.2, 0.25) is 0 Å². The standard InChI is InChI=1S/C20H19NO5/c1-13(26-15-8-6-7-14(11-15)24-2)19(22)21-12-17(20(23)25-3)16-9-4-5-10-18(16)21/h4-13H,1-3H3/t13-/m1/s1. The fourth-order valence-electron chi connectivity index (χ4n) is 2.76. The molecule has 3 rings (SSSR count). The SMILES string of the molecule is COC(=O)c1cn(C(=O)[C@@H](C)Oc2cccc(OC)c2)c2ccccc12. The Bertz CT molecular complexity index is 960. The number of ether oxygens (including phenoxy) is 3. The molecule has 0 bridgehead atoms. The average Bonchev–Trinajstić information content (AvgIpc) is 3.06. The maximum Gasteiger partial charge on any atom is 0.340 e. The number of aromatic nitrogens is 1. The van der Waals surface area contributed by atoms with Crippen molar-refractivity contribution in [1.82, 2.24) is 4.57 Å². The zero-order valence-electron chi connectivity index (χ0n) is 14.8. The van der Waals surface area contributed by atoms with E-state index in [9.17, 15) is 9.59 Å². The van der Waals surface area contributed by atoms with Crippen molar-refractivity contribution < 1.29 is 23.8 Å². The Kier molecular flexibility index (Phi) is 4.93. The highest BCUT2D eigenvalue weighted by molar-refractivity contribution is 6.07. The first-order valence-electron chi connectivity index (χ1n) is 8.08. The van der Waals surface area contributed by atoms with Gasteiger partial charge in [0.05, 0.1) is 25.3 Å². The maximum atomic E-state index is 12.9. The number of esters is 1. The summed E-state index contributed by atoms with van der Waals surface area (Å²) in [4.78, 5) is 24.9. The van der Waals surface area contributed by atoms with Gasteiger partial charge in [0.25, 0.3) is 5.91 Å². The summed E-state index contributed by atoms with van der Waals surface area (Å²) in [6.45, 7) is 1.66. The van der Waals surface area contributed by atoms with Gasteiger partial charge in [-0.1, -0.05) is 24.3 Å². The van der Waals surface area contributed by atoms with Gasteiger partial charge in [0, 0.05) is 17.6 Å². The number of nitrogens with zero attached hydrogens (tertiary/aromatic N) is 1. The van der Waals surface area contributed by atoms with E-state index in [2.05, 4.69) is 0 Å². The van der Waals surface area contributed by atoms with Crippen molar-refractivity contribution in [3.8, 4) is 11.5 Å². The zero-order chi connectivity index (χ0) is 18.7. The molecule has 0 aliphatic carbocycles. The van der Waals surface area contributed by atoms with Crippen LogP contribution in [0.1, 0.15) is 22.1 Å². The molecule has 0 unspecified atom stereocenters. The molecule has 0 saturated carbocycles. The number of benzene rings is 2. The molecule has 6 heteroatoms. The highest BCUT2D eigenvalue weighted by Gasteiger charge is 2.23. The highest BCUT2D eigenvalue weighted by Crippen LogP contribution is 2.24. The third kappa shape index (κ3) is 3.26. The van der Waals surface area contributed by atoms with Crippen LogP contribution in [0.25, 0.3) is 10.9 Å². The van der Waals surface area contributed by atoms with Gasteiger partial charge in [-0.2, -0.15) is 0 Å². The van der Waals surface area contributed by atoms with Crippen LogP contribution in [0.3, 0.4) is 0 Å². The predicted octanol–water partition coefficient (Wildman–Crippen LogP) is 3.54. The average molecular weight is 353 g/mol. The summed E-state index contributed by atoms with van der Waals surface area (Å²) in [5.41, 5.74) is 0.962. The van der Waals surface area contributed by atoms with Gasteiger partial charge in [-0.15, -0.1) is 0 Å². The molecule has 0 saturated heterocycles. The lowest BCUT2D eigenvalue weighted by molar-refractivity contribution is 0.0602. The van der Waals surface area contributed by atoms with Crippen LogP contribution in [0, 0.1) is 0 Å². The summed E-state index contributed by atoms with van der Waals surface area (Å²) in [5, 5.41) is 0.654. The van der Waals surface area contributed by atoms with Gasteiger partial charge >= 0.3 is 5.97 Å². The van der Waals surface area contributed by atoms with Crippen LogP contribution in [0.5, 0.6) is 11.5 Å². The Labute approximate surface area is 150 Å². The number of rotatable bonds is 5. The number of hydrogen-bond donors (Lipinski definition) is 0. The summed E-state index contributed by atoms with van der Waals surface area (Å²) < 4.78 is 17.1. The van der Waals surface area contributed by atoms with E-state index in [0.29, 0.717) is 28.0 Å². The van der Waals surface area contributed by atoms with E-state index in [1.807, 2.05) is 0 Å². The molecule has 1 heterocycles. The molecular formula is C20H19NO5. The highest BCUT2D eigenvalue weighted by atomic mass is 16.5. The number of para-hydroxylation sites is 1. The first kappa shape index (κ1) is 17.5. The van der Waals surface area contributed by atoms with Crippen LogP contribution in [0.15, 0.2) is 54.7 Å². The maximum absolute atomic E-state index is 12.9. The molecule has 1 aromatic heterocycles. The van der Waals surface area contributed by atoms with Gasteiger partial charge in [-0.05, 0) is 25.1 Å². The monoisotopic (exact) mass is 353 g/mol. The molecule has 0 N–H and O–H groups in total. The van der Waals surface area contributed by atoms with Crippen LogP contribution in [0.4, 0.5) is 0 Å². The van der Waals surface area contributed by atoms with Crippen LogP contribution < -0.4 is 9.47 Å². The van der Waals surface area contributed by atoms with Crippen LogP contribution in [0.2, 0.25) is 0 Å². The van der Waals surface area contributed by atoms with Gasteiger partial charge in [-0.25, -0.2) is 4.79 Å². The van der Waals surface area contributed by atoms with E-state index in [4.69, 9.17) is 14.2 Å². The fraction of sp³-hybridized carbons (Fsp3) is 0.200. The summed E-state index contributed by atoms with van der Waals surface area (Å²) in [7, 11) is 2.87. The molecule has 6 nitrogen and oxygen atoms in total. The molecular weight excluding hydrogens is 334 g/mol. The van der Waals surface area contributed by atoms with Gasteiger partial charge in [-0.3, -0.25) is 9.36 Å². The van der Waals surface area contributed by atoms with Crippen molar-refractivity contribution in [1.29, 1.82) is 0 Å². The summed E-state index contributed by atoms with van der Waals surface area (Å²) >= 11 is 0. The molecule has 0 aliphatic rings. The molecule has 0 amide bonds. The van der Waals surface area contributed by atoms with Crippen LogP contribution >= 0.6 is 0 Å². The Morgan fingerprint density at radius 1 is 1.00 bits per heavy atom. The predicted molar refractivity (Wildman–Crippen MR) is 97.0 cm³/mol. The lowest BCUT2D eigenvalue weighted by Gasteiger charge is -2.15. The minimum absolute atomic E-state index is 0.292. The van der Waals surface area contributed by atoms with Crippen molar-refractivity contribution in [2.24, 2.45) is 0 Å². The van der Waals surface area contributed by atoms with Gasteiger partial charge in [0.1, 0.15) is 11.5 Å². The van der Waals surface area contributed by atoms with E-state index in [0.717, 1.165) is 0 Å². The molecule has 0 radical (unpaired) electrons. The Morgan fingerprint density at radius 3 is 2.46 bits per heavy atom. The van der Waals surface area contributed by atoms with Crippen molar-refractivity contribution >= 4 is 22.8 Å². The van der Waals surface area contributed by atoms with Crippen molar-refractivity contribution in [2.45, 2.75) is 13.0 Å². The number of fused-ring (bicyclic) bond motifs is 1. The zero-order valence-corrected chi connectivity index (χ0v) is 14.8. The topological polar surface area (TPSA) is 66.8 Å². The third-order valence-electron chi connectivity index (χ3n) is 4.06. The van der Waals surface area contributed by atoms with E-state index < -0.39 is 12.1 Å². The molecule has 0 spiro atoms. The summed E-state index contributed by atoms with van der Waals surface area (Å²) in [6, 6.07) is 14.2.